The van der Waals surface area contributed by atoms with E-state index in [0.29, 0.717) is 10.6 Å². The molecular formula is C27H29Cl3F5N3O4. The predicted molar refractivity (Wildman–Crippen MR) is 149 cm³/mol. The number of hydrogen-bond donors (Lipinski definition) is 3. The molecule has 0 aliphatic rings. The van der Waals surface area contributed by atoms with Crippen molar-refractivity contribution in [3.05, 3.63) is 63.1 Å². The first kappa shape index (κ1) is 35.5. The van der Waals surface area contributed by atoms with Gasteiger partial charge >= 0.3 is 12.1 Å². The molecule has 0 radical (unpaired) electrons. The van der Waals surface area contributed by atoms with Crippen LogP contribution in [0.5, 0.6) is 5.75 Å². The first-order chi connectivity index (χ1) is 19.4. The summed E-state index contributed by atoms with van der Waals surface area (Å²) in [5.41, 5.74) is 6.92. The van der Waals surface area contributed by atoms with Crippen molar-refractivity contribution in [3.63, 3.8) is 0 Å². The summed E-state index contributed by atoms with van der Waals surface area (Å²) in [7, 11) is 0. The third-order valence-electron chi connectivity index (χ3n) is 6.11. The van der Waals surface area contributed by atoms with Gasteiger partial charge in [0.1, 0.15) is 5.75 Å². The molecule has 232 valence electrons. The third kappa shape index (κ3) is 10.9. The highest BCUT2D eigenvalue weighted by Gasteiger charge is 2.53. The van der Waals surface area contributed by atoms with Crippen LogP contribution in [0.25, 0.3) is 0 Å². The highest BCUT2D eigenvalue weighted by atomic mass is 35.5. The Labute approximate surface area is 254 Å². The van der Waals surface area contributed by atoms with Crippen molar-refractivity contribution in [1.82, 2.24) is 10.6 Å². The molecule has 0 heterocycles. The predicted octanol–water partition coefficient (Wildman–Crippen LogP) is 5.63. The highest BCUT2D eigenvalue weighted by Crippen LogP contribution is 2.29. The van der Waals surface area contributed by atoms with Gasteiger partial charge in [-0.15, -0.1) is 0 Å². The number of Topliss-reactive ketones (excluding diaryl/α,β-unsaturated/α-hetero) is 1. The van der Waals surface area contributed by atoms with Crippen LogP contribution in [-0.2, 0) is 20.8 Å². The topological polar surface area (TPSA) is 111 Å². The zero-order chi connectivity index (χ0) is 31.8. The normalized spacial score (nSPS) is 14.2. The van der Waals surface area contributed by atoms with Gasteiger partial charge in [-0.2, -0.15) is 22.0 Å². The van der Waals surface area contributed by atoms with E-state index in [1.165, 1.54) is 37.4 Å². The lowest BCUT2D eigenvalue weighted by Gasteiger charge is -2.34. The van der Waals surface area contributed by atoms with Gasteiger partial charge in [0.25, 0.3) is 11.8 Å². The molecule has 4 N–H and O–H groups in total. The van der Waals surface area contributed by atoms with Crippen molar-refractivity contribution < 1.29 is 41.1 Å². The minimum absolute atomic E-state index is 0.0348. The second-order valence-corrected chi connectivity index (χ2v) is 11.1. The molecule has 0 fully saturated rings. The van der Waals surface area contributed by atoms with Crippen molar-refractivity contribution in [1.29, 1.82) is 0 Å². The molecule has 42 heavy (non-hydrogen) atoms. The second-order valence-electron chi connectivity index (χ2n) is 9.81. The number of carbonyl (C=O) groups is 3. The average molecular weight is 661 g/mol. The maximum atomic E-state index is 14.9. The Balaban J connectivity index is 2.28. The third-order valence-corrected chi connectivity index (χ3v) is 6.80. The van der Waals surface area contributed by atoms with Gasteiger partial charge in [0.15, 0.2) is 6.61 Å². The molecule has 2 aromatic carbocycles. The number of hydrogen-bond acceptors (Lipinski definition) is 5. The Bertz CT molecular complexity index is 1230. The van der Waals surface area contributed by atoms with Crippen LogP contribution in [0.1, 0.15) is 25.8 Å². The fourth-order valence-electron chi connectivity index (χ4n) is 4.09. The number of carbonyl (C=O) groups excluding carboxylic acids is 3. The summed E-state index contributed by atoms with van der Waals surface area (Å²) in [6.45, 7) is 1.12. The van der Waals surface area contributed by atoms with Gasteiger partial charge in [-0.3, -0.25) is 14.4 Å². The Kier molecular flexibility index (Phi) is 12.8. The van der Waals surface area contributed by atoms with E-state index in [-0.39, 0.29) is 22.2 Å². The van der Waals surface area contributed by atoms with Crippen molar-refractivity contribution in [2.75, 3.05) is 13.2 Å². The van der Waals surface area contributed by atoms with Gasteiger partial charge in [-0.25, -0.2) is 0 Å². The summed E-state index contributed by atoms with van der Waals surface area (Å²) >= 11 is 17.8. The van der Waals surface area contributed by atoms with Gasteiger partial charge in [-0.05, 0) is 48.2 Å². The van der Waals surface area contributed by atoms with Crippen LogP contribution >= 0.6 is 34.8 Å². The van der Waals surface area contributed by atoms with E-state index in [1.807, 2.05) is 0 Å². The van der Waals surface area contributed by atoms with Crippen LogP contribution in [-0.4, -0.2) is 54.9 Å². The second kappa shape index (κ2) is 15.2. The molecule has 2 rings (SSSR count). The number of nitrogens with one attached hydrogen (secondary N) is 2. The van der Waals surface area contributed by atoms with Crippen molar-refractivity contribution in [2.45, 2.75) is 50.9 Å². The van der Waals surface area contributed by atoms with Crippen LogP contribution in [0.3, 0.4) is 0 Å². The van der Waals surface area contributed by atoms with E-state index in [4.69, 9.17) is 45.3 Å². The van der Waals surface area contributed by atoms with Crippen LogP contribution in [0.2, 0.25) is 15.1 Å². The molecule has 1 unspecified atom stereocenters. The number of ketones is 1. The van der Waals surface area contributed by atoms with Gasteiger partial charge in [0, 0.05) is 39.6 Å². The Morgan fingerprint density at radius 3 is 2.02 bits per heavy atom. The standard InChI is InChI=1S/C27H29Cl3F5N3O4/c1-14(2)22(24(40)27(34,35)25(41)37-8-7-26(31,32)33)23(36)20(9-15-3-5-16(28)6-4-15)38-21(39)13-42-19-11-17(29)10-18(30)12-19/h3-6,10-12,14,20,22-23H,7-9,13,36H2,1-2H3,(H,37,41)(H,38,39)/t20-,22-,23?/m0/s1. The number of alkyl halides is 5. The molecule has 2 amide bonds. The van der Waals surface area contributed by atoms with Gasteiger partial charge < -0.3 is 21.1 Å². The van der Waals surface area contributed by atoms with Crippen LogP contribution in [0.4, 0.5) is 22.0 Å². The SMILES string of the molecule is CC(C)[C@H](C(=O)C(F)(F)C(=O)NCCC(F)(F)F)C(N)[C@H](Cc1ccc(Cl)cc1)NC(=O)COc1cc(Cl)cc(Cl)c1. The molecule has 0 aromatic heterocycles. The number of amides is 2. The molecule has 7 nitrogen and oxygen atoms in total. The molecule has 2 aromatic rings. The summed E-state index contributed by atoms with van der Waals surface area (Å²) in [4.78, 5) is 37.9. The maximum absolute atomic E-state index is 14.9. The molecule has 0 aliphatic heterocycles. The molecule has 0 bridgehead atoms. The summed E-state index contributed by atoms with van der Waals surface area (Å²) in [5, 5.41) is 4.95. The van der Waals surface area contributed by atoms with Gasteiger partial charge in [0.2, 0.25) is 5.78 Å². The smallest absolute Gasteiger partial charge is 0.390 e. The Morgan fingerprint density at radius 2 is 1.50 bits per heavy atom. The quantitative estimate of drug-likeness (QED) is 0.180. The van der Waals surface area contributed by atoms with Crippen molar-refractivity contribution in [2.24, 2.45) is 17.6 Å². The summed E-state index contributed by atoms with van der Waals surface area (Å²) in [6, 6.07) is 7.99. The zero-order valence-electron chi connectivity index (χ0n) is 22.4. The van der Waals surface area contributed by atoms with Crippen LogP contribution in [0, 0.1) is 11.8 Å². The molecule has 15 heteroatoms. The lowest BCUT2D eigenvalue weighted by Crippen LogP contribution is -2.60. The average Bonchev–Trinajstić information content (AvgIpc) is 2.86. The molecule has 0 aliphatic carbocycles. The first-order valence-electron chi connectivity index (χ1n) is 12.6. The minimum atomic E-state index is -4.70. The monoisotopic (exact) mass is 659 g/mol. The van der Waals surface area contributed by atoms with Crippen molar-refractivity contribution in [3.8, 4) is 5.75 Å². The van der Waals surface area contributed by atoms with Crippen LogP contribution < -0.4 is 21.1 Å². The summed E-state index contributed by atoms with van der Waals surface area (Å²) in [6.07, 6.45) is -6.30. The number of ether oxygens (including phenoxy) is 1. The Hall–Kier alpha value is -2.67. The fourth-order valence-corrected chi connectivity index (χ4v) is 4.72. The van der Waals surface area contributed by atoms with E-state index < -0.39 is 73.2 Å². The van der Waals surface area contributed by atoms with E-state index in [2.05, 4.69) is 5.32 Å². The van der Waals surface area contributed by atoms with E-state index in [9.17, 15) is 36.3 Å². The van der Waals surface area contributed by atoms with E-state index in [0.717, 1.165) is 0 Å². The van der Waals surface area contributed by atoms with Gasteiger partial charge in [0.05, 0.1) is 6.42 Å². The highest BCUT2D eigenvalue weighted by molar-refractivity contribution is 6.34. The first-order valence-corrected chi connectivity index (χ1v) is 13.7. The minimum Gasteiger partial charge on any atom is -0.484 e. The lowest BCUT2D eigenvalue weighted by molar-refractivity contribution is -0.163. The Morgan fingerprint density at radius 1 is 0.929 bits per heavy atom. The van der Waals surface area contributed by atoms with Crippen LogP contribution in [0.15, 0.2) is 42.5 Å². The zero-order valence-corrected chi connectivity index (χ0v) is 24.7. The number of nitrogens with two attached hydrogens (primary N) is 1. The maximum Gasteiger partial charge on any atom is 0.390 e. The molecular weight excluding hydrogens is 632 g/mol. The van der Waals surface area contributed by atoms with E-state index >= 15 is 0 Å². The lowest BCUT2D eigenvalue weighted by atomic mass is 9.78. The van der Waals surface area contributed by atoms with Crippen molar-refractivity contribution >= 4 is 52.4 Å². The number of rotatable bonds is 14. The number of halogens is 8. The molecule has 0 saturated carbocycles. The number of benzene rings is 2. The van der Waals surface area contributed by atoms with Gasteiger partial charge in [-0.1, -0.05) is 60.8 Å². The largest absolute Gasteiger partial charge is 0.484 e. The summed E-state index contributed by atoms with van der Waals surface area (Å²) in [5.74, 6) is -11.9. The summed E-state index contributed by atoms with van der Waals surface area (Å²) < 4.78 is 72.5. The fraction of sp³-hybridized carbons (Fsp3) is 0.444. The molecule has 0 saturated heterocycles. The molecule has 0 spiro atoms. The van der Waals surface area contributed by atoms with E-state index in [1.54, 1.807) is 24.3 Å². The molecule has 3 atom stereocenters.